The number of likely N-dealkylation sites (tertiary alicyclic amines) is 2. The summed E-state index contributed by atoms with van der Waals surface area (Å²) >= 11 is 2.00. The Morgan fingerprint density at radius 2 is 1.71 bits per heavy atom. The first-order chi connectivity index (χ1) is 11.9. The van der Waals surface area contributed by atoms with Gasteiger partial charge in [-0.1, -0.05) is 0 Å². The van der Waals surface area contributed by atoms with Crippen LogP contribution in [0.15, 0.2) is 30.7 Å². The third-order valence-electron chi connectivity index (χ3n) is 5.20. The predicted molar refractivity (Wildman–Crippen MR) is 98.1 cm³/mol. The van der Waals surface area contributed by atoms with Crippen LogP contribution >= 0.6 is 11.3 Å². The Balaban J connectivity index is 1.34. The molecule has 4 nitrogen and oxygen atoms in total. The molecule has 2 aromatic heterocycles. The summed E-state index contributed by atoms with van der Waals surface area (Å²) in [6.45, 7) is 7.12. The van der Waals surface area contributed by atoms with Crippen molar-refractivity contribution >= 4 is 11.3 Å². The van der Waals surface area contributed by atoms with Crippen LogP contribution in [0, 0.1) is 0 Å². The molecule has 5 heteroatoms. The SMILES string of the molecule is c1cc(C2CCCN(Cc3ccc(CN4CCCC4)s3)C2)ncn1. The van der Waals surface area contributed by atoms with E-state index in [1.807, 2.05) is 17.5 Å². The van der Waals surface area contributed by atoms with Crippen molar-refractivity contribution in [1.82, 2.24) is 19.8 Å². The topological polar surface area (TPSA) is 32.3 Å². The van der Waals surface area contributed by atoms with Crippen molar-refractivity contribution in [3.63, 3.8) is 0 Å². The molecule has 1 atom stereocenters. The molecule has 2 fully saturated rings. The molecule has 0 N–H and O–H groups in total. The number of hydrogen-bond donors (Lipinski definition) is 0. The van der Waals surface area contributed by atoms with Gasteiger partial charge in [0.1, 0.15) is 6.33 Å². The van der Waals surface area contributed by atoms with Crippen LogP contribution in [0.25, 0.3) is 0 Å². The first-order valence-electron chi connectivity index (χ1n) is 9.15. The third-order valence-corrected chi connectivity index (χ3v) is 6.26. The van der Waals surface area contributed by atoms with Crippen LogP contribution in [0.3, 0.4) is 0 Å². The van der Waals surface area contributed by atoms with E-state index in [2.05, 4.69) is 38.0 Å². The van der Waals surface area contributed by atoms with Crippen LogP contribution in [0.2, 0.25) is 0 Å². The summed E-state index contributed by atoms with van der Waals surface area (Å²) in [5, 5.41) is 0. The van der Waals surface area contributed by atoms with Crippen LogP contribution in [0.1, 0.15) is 47.0 Å². The Morgan fingerprint density at radius 3 is 2.46 bits per heavy atom. The van der Waals surface area contributed by atoms with Gasteiger partial charge in [-0.3, -0.25) is 9.80 Å². The second-order valence-electron chi connectivity index (χ2n) is 7.06. The van der Waals surface area contributed by atoms with Crippen LogP contribution < -0.4 is 0 Å². The Bertz CT molecular complexity index is 636. The molecule has 2 aliphatic rings. The summed E-state index contributed by atoms with van der Waals surface area (Å²) < 4.78 is 0. The van der Waals surface area contributed by atoms with E-state index in [4.69, 9.17) is 0 Å². The first-order valence-corrected chi connectivity index (χ1v) is 9.97. The maximum atomic E-state index is 4.46. The van der Waals surface area contributed by atoms with E-state index >= 15 is 0 Å². The number of thiophene rings is 1. The van der Waals surface area contributed by atoms with Crippen molar-refractivity contribution in [1.29, 1.82) is 0 Å². The van der Waals surface area contributed by atoms with Gasteiger partial charge in [0.15, 0.2) is 0 Å². The molecule has 128 valence electrons. The largest absolute Gasteiger partial charge is 0.298 e. The number of nitrogens with zero attached hydrogens (tertiary/aromatic N) is 4. The Hall–Kier alpha value is -1.30. The second-order valence-corrected chi connectivity index (χ2v) is 8.31. The highest BCUT2D eigenvalue weighted by molar-refractivity contribution is 7.11. The molecule has 0 saturated carbocycles. The minimum absolute atomic E-state index is 0.561. The monoisotopic (exact) mass is 342 g/mol. The van der Waals surface area contributed by atoms with Crippen molar-refractivity contribution in [2.24, 2.45) is 0 Å². The zero-order valence-electron chi connectivity index (χ0n) is 14.2. The minimum Gasteiger partial charge on any atom is -0.298 e. The number of aromatic nitrogens is 2. The molecule has 4 heterocycles. The molecule has 0 amide bonds. The van der Waals surface area contributed by atoms with Crippen LogP contribution in [-0.2, 0) is 13.1 Å². The zero-order valence-corrected chi connectivity index (χ0v) is 15.0. The van der Waals surface area contributed by atoms with Crippen molar-refractivity contribution in [2.75, 3.05) is 26.2 Å². The predicted octanol–water partition coefficient (Wildman–Crippen LogP) is 3.51. The van der Waals surface area contributed by atoms with Crippen LogP contribution in [0.4, 0.5) is 0 Å². The number of piperidine rings is 1. The van der Waals surface area contributed by atoms with E-state index in [1.54, 1.807) is 6.33 Å². The lowest BCUT2D eigenvalue weighted by Crippen LogP contribution is -2.33. The fourth-order valence-corrected chi connectivity index (χ4v) is 5.06. The molecule has 0 bridgehead atoms. The van der Waals surface area contributed by atoms with E-state index in [9.17, 15) is 0 Å². The first kappa shape index (κ1) is 16.2. The van der Waals surface area contributed by atoms with Gasteiger partial charge in [0, 0.05) is 47.2 Å². The quantitative estimate of drug-likeness (QED) is 0.832. The highest BCUT2D eigenvalue weighted by atomic mass is 32.1. The average molecular weight is 343 g/mol. The van der Waals surface area contributed by atoms with E-state index in [1.165, 1.54) is 60.8 Å². The van der Waals surface area contributed by atoms with Gasteiger partial charge in [-0.15, -0.1) is 11.3 Å². The fraction of sp³-hybridized carbons (Fsp3) is 0.579. The molecule has 1 unspecified atom stereocenters. The van der Waals surface area contributed by atoms with Crippen molar-refractivity contribution in [2.45, 2.75) is 44.7 Å². The summed E-state index contributed by atoms with van der Waals surface area (Å²) in [5.74, 6) is 0.561. The second kappa shape index (κ2) is 7.72. The lowest BCUT2D eigenvalue weighted by molar-refractivity contribution is 0.200. The van der Waals surface area contributed by atoms with Crippen LogP contribution in [-0.4, -0.2) is 45.9 Å². The summed E-state index contributed by atoms with van der Waals surface area (Å²) in [6, 6.07) is 6.75. The minimum atomic E-state index is 0.561. The highest BCUT2D eigenvalue weighted by Gasteiger charge is 2.22. The lowest BCUT2D eigenvalue weighted by Gasteiger charge is -2.32. The van der Waals surface area contributed by atoms with Gasteiger partial charge in [-0.05, 0) is 63.5 Å². The van der Waals surface area contributed by atoms with Crippen molar-refractivity contribution in [3.8, 4) is 0 Å². The Kier molecular flexibility index (Phi) is 5.21. The zero-order chi connectivity index (χ0) is 16.2. The van der Waals surface area contributed by atoms with E-state index < -0.39 is 0 Å². The summed E-state index contributed by atoms with van der Waals surface area (Å²) in [7, 11) is 0. The van der Waals surface area contributed by atoms with Gasteiger partial charge >= 0.3 is 0 Å². The Morgan fingerprint density at radius 1 is 0.958 bits per heavy atom. The molecule has 0 spiro atoms. The van der Waals surface area contributed by atoms with E-state index in [-0.39, 0.29) is 0 Å². The maximum Gasteiger partial charge on any atom is 0.115 e. The van der Waals surface area contributed by atoms with Crippen molar-refractivity contribution in [3.05, 3.63) is 46.2 Å². The molecule has 24 heavy (non-hydrogen) atoms. The number of hydrogen-bond acceptors (Lipinski definition) is 5. The summed E-state index contributed by atoms with van der Waals surface area (Å²) in [5.41, 5.74) is 1.20. The molecule has 2 aliphatic heterocycles. The third kappa shape index (κ3) is 4.02. The Labute approximate surface area is 148 Å². The summed E-state index contributed by atoms with van der Waals surface area (Å²) in [6.07, 6.45) is 8.80. The standard InChI is InChI=1S/C19H26N4S/c1-2-10-22(9-1)13-17-5-6-18(24-17)14-23-11-3-4-16(12-23)19-7-8-20-15-21-19/h5-8,15-16H,1-4,9-14H2. The van der Waals surface area contributed by atoms with Gasteiger partial charge in [0.25, 0.3) is 0 Å². The highest BCUT2D eigenvalue weighted by Crippen LogP contribution is 2.28. The van der Waals surface area contributed by atoms with Gasteiger partial charge in [0.05, 0.1) is 0 Å². The average Bonchev–Trinajstić information content (AvgIpc) is 3.29. The number of rotatable bonds is 5. The fourth-order valence-electron chi connectivity index (χ4n) is 3.96. The molecule has 4 rings (SSSR count). The lowest BCUT2D eigenvalue weighted by atomic mass is 9.94. The molecular formula is C19H26N4S. The van der Waals surface area contributed by atoms with Gasteiger partial charge < -0.3 is 0 Å². The molecule has 0 aliphatic carbocycles. The van der Waals surface area contributed by atoms with Gasteiger partial charge in [-0.2, -0.15) is 0 Å². The molecule has 0 radical (unpaired) electrons. The summed E-state index contributed by atoms with van der Waals surface area (Å²) in [4.78, 5) is 16.7. The van der Waals surface area contributed by atoms with Crippen LogP contribution in [0.5, 0.6) is 0 Å². The van der Waals surface area contributed by atoms with Crippen molar-refractivity contribution < 1.29 is 0 Å². The van der Waals surface area contributed by atoms with Gasteiger partial charge in [0.2, 0.25) is 0 Å². The molecule has 2 saturated heterocycles. The maximum absolute atomic E-state index is 4.46. The van der Waals surface area contributed by atoms with Gasteiger partial charge in [-0.25, -0.2) is 9.97 Å². The molecular weight excluding hydrogens is 316 g/mol. The molecule has 0 aromatic carbocycles. The normalized spacial score (nSPS) is 22.9. The smallest absolute Gasteiger partial charge is 0.115 e. The van der Waals surface area contributed by atoms with E-state index in [0.717, 1.165) is 19.6 Å². The van der Waals surface area contributed by atoms with E-state index in [0.29, 0.717) is 5.92 Å². The molecule has 2 aromatic rings.